The summed E-state index contributed by atoms with van der Waals surface area (Å²) in [6.07, 6.45) is 6.23. The number of hydrogen-bond acceptors (Lipinski definition) is 5. The fourth-order valence-corrected chi connectivity index (χ4v) is 5.28. The van der Waals surface area contributed by atoms with Crippen LogP contribution in [0.1, 0.15) is 57.6 Å². The Morgan fingerprint density at radius 1 is 1.07 bits per heavy atom. The zero-order chi connectivity index (χ0) is 19.3. The molecule has 0 radical (unpaired) electrons. The number of ketones is 1. The molecule has 3 aliphatic rings. The van der Waals surface area contributed by atoms with Gasteiger partial charge in [0.1, 0.15) is 5.78 Å². The lowest BCUT2D eigenvalue weighted by molar-refractivity contribution is -0.134. The van der Waals surface area contributed by atoms with Crippen molar-refractivity contribution in [3.05, 3.63) is 29.3 Å². The molecule has 0 aromatic heterocycles. The van der Waals surface area contributed by atoms with E-state index in [1.54, 1.807) is 6.07 Å². The van der Waals surface area contributed by atoms with Gasteiger partial charge in [-0.3, -0.25) is 14.4 Å². The van der Waals surface area contributed by atoms with Crippen LogP contribution < -0.4 is 9.47 Å². The Bertz CT molecular complexity index is 881. The molecule has 0 bridgehead atoms. The number of carbonyl (C=O) groups excluding carboxylic acids is 3. The second-order valence-electron chi connectivity index (χ2n) is 8.10. The van der Waals surface area contributed by atoms with Gasteiger partial charge >= 0.3 is 11.9 Å². The van der Waals surface area contributed by atoms with Crippen LogP contribution in [0.25, 0.3) is 5.57 Å². The van der Waals surface area contributed by atoms with Gasteiger partial charge in [0.05, 0.1) is 0 Å². The number of Topliss-reactive ketones (excluding diaryl/α,β-unsaturated/α-hetero) is 1. The van der Waals surface area contributed by atoms with Gasteiger partial charge in [0, 0.05) is 31.2 Å². The normalized spacial score (nSPS) is 28.6. The Morgan fingerprint density at radius 3 is 2.52 bits per heavy atom. The van der Waals surface area contributed by atoms with Gasteiger partial charge in [-0.05, 0) is 54.7 Å². The van der Waals surface area contributed by atoms with E-state index in [1.807, 2.05) is 6.07 Å². The van der Waals surface area contributed by atoms with Gasteiger partial charge in [0.2, 0.25) is 0 Å². The Hall–Kier alpha value is -2.43. The number of hydrogen-bond donors (Lipinski definition) is 0. The minimum absolute atomic E-state index is 0.234. The van der Waals surface area contributed by atoms with Gasteiger partial charge in [-0.25, -0.2) is 0 Å². The quantitative estimate of drug-likeness (QED) is 0.585. The molecule has 0 saturated heterocycles. The molecule has 0 spiro atoms. The number of carbonyl (C=O) groups is 3. The maximum atomic E-state index is 12.4. The van der Waals surface area contributed by atoms with Crippen LogP contribution >= 0.6 is 0 Å². The molecule has 0 N–H and O–H groups in total. The van der Waals surface area contributed by atoms with E-state index in [9.17, 15) is 14.4 Å². The second-order valence-corrected chi connectivity index (χ2v) is 8.10. The second kappa shape index (κ2) is 6.32. The van der Waals surface area contributed by atoms with Crippen LogP contribution in [-0.2, 0) is 20.8 Å². The van der Waals surface area contributed by atoms with Crippen LogP contribution in [0.2, 0.25) is 0 Å². The predicted octanol–water partition coefficient (Wildman–Crippen LogP) is 3.87. The molecule has 0 unspecified atom stereocenters. The molecule has 0 heterocycles. The van der Waals surface area contributed by atoms with E-state index in [2.05, 4.69) is 13.0 Å². The molecule has 0 amide bonds. The monoisotopic (exact) mass is 368 g/mol. The smallest absolute Gasteiger partial charge is 0.308 e. The van der Waals surface area contributed by atoms with Crippen LogP contribution in [0.3, 0.4) is 0 Å². The first-order chi connectivity index (χ1) is 12.8. The van der Waals surface area contributed by atoms with Gasteiger partial charge in [0.15, 0.2) is 11.5 Å². The van der Waals surface area contributed by atoms with Crippen molar-refractivity contribution in [1.82, 2.24) is 0 Å². The summed E-state index contributed by atoms with van der Waals surface area (Å²) in [6, 6.07) is 3.66. The maximum Gasteiger partial charge on any atom is 0.308 e. The fraction of sp³-hybridized carbons (Fsp3) is 0.500. The van der Waals surface area contributed by atoms with Crippen molar-refractivity contribution in [3.63, 3.8) is 0 Å². The summed E-state index contributed by atoms with van der Waals surface area (Å²) in [5.74, 6) is 0.868. The molecule has 5 nitrogen and oxygen atoms in total. The van der Waals surface area contributed by atoms with E-state index in [4.69, 9.17) is 9.47 Å². The van der Waals surface area contributed by atoms with E-state index in [0.29, 0.717) is 29.8 Å². The van der Waals surface area contributed by atoms with E-state index < -0.39 is 11.9 Å². The third-order valence-electron chi connectivity index (χ3n) is 6.51. The summed E-state index contributed by atoms with van der Waals surface area (Å²) < 4.78 is 10.7. The minimum atomic E-state index is -0.450. The Balaban J connectivity index is 1.80. The van der Waals surface area contributed by atoms with Crippen LogP contribution in [0.15, 0.2) is 18.2 Å². The van der Waals surface area contributed by atoms with Crippen LogP contribution in [0.4, 0.5) is 0 Å². The SMILES string of the molecule is CC(=O)Oc1ccc2c(c1OC(C)=O)CC[C@@H]1C2=CC[C@]2(C)C(=O)CC[C@@H]12. The van der Waals surface area contributed by atoms with Crippen molar-refractivity contribution in [2.45, 2.75) is 52.9 Å². The van der Waals surface area contributed by atoms with Crippen molar-refractivity contribution in [3.8, 4) is 11.5 Å². The molecular formula is C22H24O5. The average molecular weight is 368 g/mol. The van der Waals surface area contributed by atoms with Crippen molar-refractivity contribution < 1.29 is 23.9 Å². The highest BCUT2D eigenvalue weighted by Gasteiger charge is 2.52. The van der Waals surface area contributed by atoms with Crippen molar-refractivity contribution >= 4 is 23.3 Å². The molecule has 4 rings (SSSR count). The average Bonchev–Trinajstić information content (AvgIpc) is 2.91. The lowest BCUT2D eigenvalue weighted by atomic mass is 9.60. The maximum absolute atomic E-state index is 12.4. The Morgan fingerprint density at radius 2 is 1.81 bits per heavy atom. The fourth-order valence-electron chi connectivity index (χ4n) is 5.28. The Kier molecular flexibility index (Phi) is 4.21. The van der Waals surface area contributed by atoms with Gasteiger partial charge in [-0.15, -0.1) is 0 Å². The lowest BCUT2D eigenvalue weighted by Crippen LogP contribution is -2.38. The molecule has 1 saturated carbocycles. The van der Waals surface area contributed by atoms with E-state index in [-0.39, 0.29) is 11.2 Å². The summed E-state index contributed by atoms with van der Waals surface area (Å²) in [4.78, 5) is 35.5. The van der Waals surface area contributed by atoms with Crippen LogP contribution in [0.5, 0.6) is 11.5 Å². The van der Waals surface area contributed by atoms with Gasteiger partial charge in [-0.1, -0.05) is 19.1 Å². The number of fused-ring (bicyclic) bond motifs is 5. The minimum Gasteiger partial charge on any atom is -0.423 e. The molecule has 3 atom stereocenters. The molecule has 142 valence electrons. The predicted molar refractivity (Wildman–Crippen MR) is 99.3 cm³/mol. The number of ether oxygens (including phenoxy) is 2. The molecule has 27 heavy (non-hydrogen) atoms. The van der Waals surface area contributed by atoms with Crippen molar-refractivity contribution in [2.24, 2.45) is 17.3 Å². The molecule has 5 heteroatoms. The van der Waals surface area contributed by atoms with E-state index >= 15 is 0 Å². The van der Waals surface area contributed by atoms with Crippen LogP contribution in [-0.4, -0.2) is 17.7 Å². The summed E-state index contributed by atoms with van der Waals surface area (Å²) in [6.45, 7) is 4.79. The highest BCUT2D eigenvalue weighted by atomic mass is 16.6. The largest absolute Gasteiger partial charge is 0.423 e. The highest BCUT2D eigenvalue weighted by Crippen LogP contribution is 2.58. The van der Waals surface area contributed by atoms with Gasteiger partial charge in [0.25, 0.3) is 0 Å². The lowest BCUT2D eigenvalue weighted by Gasteiger charge is -2.43. The molecule has 3 aliphatic carbocycles. The number of rotatable bonds is 2. The number of esters is 2. The number of benzene rings is 1. The third-order valence-corrected chi connectivity index (χ3v) is 6.51. The molecule has 1 aromatic carbocycles. The third kappa shape index (κ3) is 2.80. The molecule has 1 aromatic rings. The Labute approximate surface area is 158 Å². The first-order valence-corrected chi connectivity index (χ1v) is 9.57. The number of allylic oxidation sites excluding steroid dienone is 2. The standard InChI is InChI=1S/C22H24O5/c1-12(23)26-19-8-6-14-15-10-11-22(3)18(7-9-20(22)25)16(15)4-5-17(14)21(19)27-13(2)24/h6,8,10,16,18H,4-5,7,9,11H2,1-3H3/t16-,18+,22+/m1/s1. The summed E-state index contributed by atoms with van der Waals surface area (Å²) >= 11 is 0. The van der Waals surface area contributed by atoms with Gasteiger partial charge in [-0.2, -0.15) is 0 Å². The summed E-state index contributed by atoms with van der Waals surface area (Å²) in [7, 11) is 0. The molecule has 1 fully saturated rings. The molecule has 0 aliphatic heterocycles. The first kappa shape index (κ1) is 18.0. The summed E-state index contributed by atoms with van der Waals surface area (Å²) in [5.41, 5.74) is 2.98. The first-order valence-electron chi connectivity index (χ1n) is 9.57. The highest BCUT2D eigenvalue weighted by molar-refractivity contribution is 5.90. The van der Waals surface area contributed by atoms with Crippen LogP contribution in [0, 0.1) is 17.3 Å². The van der Waals surface area contributed by atoms with Gasteiger partial charge < -0.3 is 9.47 Å². The zero-order valence-corrected chi connectivity index (χ0v) is 16.0. The van der Waals surface area contributed by atoms with Crippen molar-refractivity contribution in [1.29, 1.82) is 0 Å². The zero-order valence-electron chi connectivity index (χ0n) is 16.0. The summed E-state index contributed by atoms with van der Waals surface area (Å²) in [5, 5.41) is 0. The topological polar surface area (TPSA) is 69.7 Å². The van der Waals surface area contributed by atoms with Crippen molar-refractivity contribution in [2.75, 3.05) is 0 Å². The van der Waals surface area contributed by atoms with E-state index in [1.165, 1.54) is 19.4 Å². The van der Waals surface area contributed by atoms with E-state index in [0.717, 1.165) is 36.8 Å². The molecular weight excluding hydrogens is 344 g/mol.